The fraction of sp³-hybridized carbons (Fsp3) is 0.588. The highest BCUT2D eigenvalue weighted by atomic mass is 16.1. The van der Waals surface area contributed by atoms with Gasteiger partial charge in [-0.1, -0.05) is 44.0 Å². The van der Waals surface area contributed by atoms with Crippen LogP contribution in [0, 0.1) is 0 Å². The molecule has 3 heteroatoms. The number of rotatable bonds is 5. The lowest BCUT2D eigenvalue weighted by molar-refractivity contribution is -0.122. The summed E-state index contributed by atoms with van der Waals surface area (Å²) in [4.78, 5) is 12.1. The monoisotopic (exact) mass is 274 g/mol. The fourth-order valence-electron chi connectivity index (χ4n) is 2.99. The zero-order chi connectivity index (χ0) is 14.6. The first-order valence-electron chi connectivity index (χ1n) is 7.69. The van der Waals surface area contributed by atoms with Gasteiger partial charge in [-0.2, -0.15) is 0 Å². The van der Waals surface area contributed by atoms with Gasteiger partial charge in [-0.05, 0) is 37.3 Å². The molecule has 1 aliphatic carbocycles. The van der Waals surface area contributed by atoms with E-state index >= 15 is 0 Å². The van der Waals surface area contributed by atoms with E-state index in [4.69, 9.17) is 5.73 Å². The van der Waals surface area contributed by atoms with E-state index in [1.165, 1.54) is 5.56 Å². The first-order chi connectivity index (χ1) is 9.52. The van der Waals surface area contributed by atoms with Crippen LogP contribution in [0.3, 0.4) is 0 Å². The minimum Gasteiger partial charge on any atom is -0.350 e. The molecule has 3 nitrogen and oxygen atoms in total. The topological polar surface area (TPSA) is 55.1 Å². The molecule has 0 heterocycles. The predicted molar refractivity (Wildman–Crippen MR) is 82.4 cm³/mol. The molecule has 1 unspecified atom stereocenters. The third kappa shape index (κ3) is 3.83. The van der Waals surface area contributed by atoms with Crippen molar-refractivity contribution in [1.29, 1.82) is 0 Å². The molecule has 0 bridgehead atoms. The van der Waals surface area contributed by atoms with Gasteiger partial charge in [0.05, 0.1) is 6.04 Å². The van der Waals surface area contributed by atoms with E-state index < -0.39 is 0 Å². The van der Waals surface area contributed by atoms with Gasteiger partial charge in [-0.3, -0.25) is 4.79 Å². The van der Waals surface area contributed by atoms with Crippen molar-refractivity contribution >= 4 is 5.91 Å². The second-order valence-corrected chi connectivity index (χ2v) is 6.13. The van der Waals surface area contributed by atoms with Crippen molar-refractivity contribution in [2.24, 2.45) is 5.73 Å². The first-order valence-corrected chi connectivity index (χ1v) is 7.69. The van der Waals surface area contributed by atoms with Crippen LogP contribution in [0.1, 0.15) is 63.1 Å². The van der Waals surface area contributed by atoms with Crippen molar-refractivity contribution in [3.8, 4) is 0 Å². The molecule has 1 atom stereocenters. The predicted octanol–water partition coefficient (Wildman–Crippen LogP) is 3.09. The maximum Gasteiger partial charge on any atom is 0.222 e. The zero-order valence-corrected chi connectivity index (χ0v) is 12.6. The van der Waals surface area contributed by atoms with Gasteiger partial charge in [0.1, 0.15) is 0 Å². The molecule has 1 saturated carbocycles. The van der Waals surface area contributed by atoms with Crippen molar-refractivity contribution in [3.63, 3.8) is 0 Å². The molecule has 0 spiro atoms. The van der Waals surface area contributed by atoms with Crippen molar-refractivity contribution in [1.82, 2.24) is 5.32 Å². The van der Waals surface area contributed by atoms with Crippen LogP contribution < -0.4 is 11.1 Å². The number of hydrogen-bond donors (Lipinski definition) is 2. The molecule has 20 heavy (non-hydrogen) atoms. The summed E-state index contributed by atoms with van der Waals surface area (Å²) in [5.74, 6) is 0.0708. The average molecular weight is 274 g/mol. The Morgan fingerprint density at radius 2 is 1.90 bits per heavy atom. The van der Waals surface area contributed by atoms with Crippen LogP contribution in [0.25, 0.3) is 0 Å². The minimum atomic E-state index is -0.268. The number of carbonyl (C=O) groups excluding carboxylic acids is 1. The number of benzene rings is 1. The zero-order valence-electron chi connectivity index (χ0n) is 12.6. The van der Waals surface area contributed by atoms with Crippen molar-refractivity contribution < 1.29 is 4.79 Å². The Labute approximate surface area is 121 Å². The molecule has 110 valence electrons. The van der Waals surface area contributed by atoms with Gasteiger partial charge in [-0.15, -0.1) is 0 Å². The Balaban J connectivity index is 1.89. The quantitative estimate of drug-likeness (QED) is 0.867. The molecule has 1 aromatic rings. The summed E-state index contributed by atoms with van der Waals surface area (Å²) in [7, 11) is 0. The van der Waals surface area contributed by atoms with Gasteiger partial charge in [-0.25, -0.2) is 0 Å². The average Bonchev–Trinajstić information content (AvgIpc) is 2.84. The number of aryl methyl sites for hydroxylation is 1. The number of hydrogen-bond acceptors (Lipinski definition) is 2. The molecule has 0 aliphatic heterocycles. The molecule has 1 aliphatic rings. The molecular weight excluding hydrogens is 248 g/mol. The Morgan fingerprint density at radius 3 is 2.45 bits per heavy atom. The summed E-state index contributed by atoms with van der Waals surface area (Å²) in [6.45, 7) is 4.17. The summed E-state index contributed by atoms with van der Waals surface area (Å²) >= 11 is 0. The molecule has 1 amide bonds. The van der Waals surface area contributed by atoms with Crippen molar-refractivity contribution in [2.45, 2.75) is 64.0 Å². The Hall–Kier alpha value is -1.35. The molecule has 2 rings (SSSR count). The van der Waals surface area contributed by atoms with Crippen molar-refractivity contribution in [2.75, 3.05) is 0 Å². The molecule has 1 aromatic carbocycles. The standard InChI is InChI=1S/C17H26N2O/c1-3-14-6-8-15(9-7-14)13(2)19-16(20)12-17(18)10-4-5-11-17/h6-9,13H,3-5,10-12,18H2,1-2H3,(H,19,20). The third-order valence-corrected chi connectivity index (χ3v) is 4.38. The SMILES string of the molecule is CCc1ccc(C(C)NC(=O)CC2(N)CCCC2)cc1. The summed E-state index contributed by atoms with van der Waals surface area (Å²) in [5.41, 5.74) is 8.45. The maximum atomic E-state index is 12.1. The van der Waals surface area contributed by atoms with Crippen LogP contribution in [0.4, 0.5) is 0 Å². The largest absolute Gasteiger partial charge is 0.350 e. The summed E-state index contributed by atoms with van der Waals surface area (Å²) in [6.07, 6.45) is 5.73. The van der Waals surface area contributed by atoms with Crippen LogP contribution in [0.15, 0.2) is 24.3 Å². The second-order valence-electron chi connectivity index (χ2n) is 6.13. The Kier molecular flexibility index (Phi) is 4.81. The molecule has 1 fully saturated rings. The summed E-state index contributed by atoms with van der Waals surface area (Å²) in [6, 6.07) is 8.48. The van der Waals surface area contributed by atoms with Crippen LogP contribution in [0.2, 0.25) is 0 Å². The Morgan fingerprint density at radius 1 is 1.30 bits per heavy atom. The van der Waals surface area contributed by atoms with Crippen LogP contribution in [0.5, 0.6) is 0 Å². The highest BCUT2D eigenvalue weighted by Crippen LogP contribution is 2.30. The number of nitrogens with one attached hydrogen (secondary N) is 1. The first kappa shape index (κ1) is 15.0. The smallest absolute Gasteiger partial charge is 0.222 e. The van der Waals surface area contributed by atoms with E-state index in [2.05, 4.69) is 36.5 Å². The lowest BCUT2D eigenvalue weighted by Gasteiger charge is -2.24. The van der Waals surface area contributed by atoms with E-state index in [1.807, 2.05) is 6.92 Å². The van der Waals surface area contributed by atoms with Gasteiger partial charge in [0.2, 0.25) is 5.91 Å². The normalized spacial score (nSPS) is 18.8. The number of amides is 1. The number of carbonyl (C=O) groups is 1. The highest BCUT2D eigenvalue weighted by molar-refractivity contribution is 5.77. The molecule has 0 aromatic heterocycles. The van der Waals surface area contributed by atoms with Gasteiger partial charge in [0.25, 0.3) is 0 Å². The summed E-state index contributed by atoms with van der Waals surface area (Å²) in [5, 5.41) is 3.07. The maximum absolute atomic E-state index is 12.1. The Bertz CT molecular complexity index is 447. The molecule has 0 radical (unpaired) electrons. The van der Waals surface area contributed by atoms with E-state index in [1.54, 1.807) is 0 Å². The second kappa shape index (κ2) is 6.40. The van der Waals surface area contributed by atoms with E-state index in [0.29, 0.717) is 6.42 Å². The molecule has 3 N–H and O–H groups in total. The van der Waals surface area contributed by atoms with E-state index in [9.17, 15) is 4.79 Å². The van der Waals surface area contributed by atoms with Crippen LogP contribution in [-0.4, -0.2) is 11.4 Å². The van der Waals surface area contributed by atoms with Gasteiger partial charge < -0.3 is 11.1 Å². The fourth-order valence-corrected chi connectivity index (χ4v) is 2.99. The highest BCUT2D eigenvalue weighted by Gasteiger charge is 2.31. The van der Waals surface area contributed by atoms with Crippen LogP contribution >= 0.6 is 0 Å². The molecular formula is C17H26N2O. The third-order valence-electron chi connectivity index (χ3n) is 4.38. The van der Waals surface area contributed by atoms with Gasteiger partial charge in [0, 0.05) is 12.0 Å². The van der Waals surface area contributed by atoms with Gasteiger partial charge in [0.15, 0.2) is 0 Å². The van der Waals surface area contributed by atoms with E-state index in [0.717, 1.165) is 37.7 Å². The lowest BCUT2D eigenvalue weighted by atomic mass is 9.94. The molecule has 0 saturated heterocycles. The minimum absolute atomic E-state index is 0.0402. The summed E-state index contributed by atoms with van der Waals surface area (Å²) < 4.78 is 0. The van der Waals surface area contributed by atoms with E-state index in [-0.39, 0.29) is 17.5 Å². The lowest BCUT2D eigenvalue weighted by Crippen LogP contribution is -2.42. The number of nitrogens with two attached hydrogens (primary N) is 1. The van der Waals surface area contributed by atoms with Gasteiger partial charge >= 0.3 is 0 Å². The van der Waals surface area contributed by atoms with Crippen molar-refractivity contribution in [3.05, 3.63) is 35.4 Å². The van der Waals surface area contributed by atoms with Crippen LogP contribution in [-0.2, 0) is 11.2 Å².